The fourth-order valence-electron chi connectivity index (χ4n) is 2.46. The average molecular weight is 309 g/mol. The average Bonchev–Trinajstić information content (AvgIpc) is 2.56. The van der Waals surface area contributed by atoms with Crippen molar-refractivity contribution in [3.63, 3.8) is 0 Å². The van der Waals surface area contributed by atoms with Gasteiger partial charge in [0.1, 0.15) is 0 Å². The van der Waals surface area contributed by atoms with E-state index >= 15 is 0 Å². The molecule has 1 N–H and O–H groups in total. The Labute approximate surface area is 140 Å². The lowest BCUT2D eigenvalue weighted by Crippen LogP contribution is -2.04. The van der Waals surface area contributed by atoms with Crippen molar-refractivity contribution in [2.75, 3.05) is 18.5 Å². The highest BCUT2D eigenvalue weighted by atomic mass is 16.5. The Hall–Kier alpha value is -2.06. The molecular formula is C21H27NO. The highest BCUT2D eigenvalue weighted by Crippen LogP contribution is 2.23. The summed E-state index contributed by atoms with van der Waals surface area (Å²) in [5.74, 6) is 0.526. The molecule has 0 unspecified atom stereocenters. The normalized spacial score (nSPS) is 11.7. The first-order valence-corrected chi connectivity index (χ1v) is 8.27. The van der Waals surface area contributed by atoms with Crippen LogP contribution in [0, 0.1) is 0 Å². The molecule has 0 saturated heterocycles. The Bertz CT molecular complexity index is 617. The second kappa shape index (κ2) is 9.16. The number of benzene rings is 2. The van der Waals surface area contributed by atoms with Crippen LogP contribution in [0.25, 0.3) is 0 Å². The van der Waals surface area contributed by atoms with E-state index in [-0.39, 0.29) is 0 Å². The lowest BCUT2D eigenvalue weighted by atomic mass is 10.0. The Morgan fingerprint density at radius 2 is 1.74 bits per heavy atom. The van der Waals surface area contributed by atoms with Gasteiger partial charge in [-0.05, 0) is 30.0 Å². The van der Waals surface area contributed by atoms with Gasteiger partial charge in [-0.3, -0.25) is 0 Å². The van der Waals surface area contributed by atoms with Crippen molar-refractivity contribution in [3.8, 4) is 0 Å². The highest BCUT2D eigenvalue weighted by molar-refractivity contribution is 5.52. The van der Waals surface area contributed by atoms with Crippen LogP contribution in [0.15, 0.2) is 66.2 Å². The van der Waals surface area contributed by atoms with Crippen LogP contribution >= 0.6 is 0 Å². The van der Waals surface area contributed by atoms with E-state index < -0.39 is 0 Å². The Kier molecular flexibility index (Phi) is 6.89. The third kappa shape index (κ3) is 5.91. The third-order valence-electron chi connectivity index (χ3n) is 3.77. The summed E-state index contributed by atoms with van der Waals surface area (Å²) in [5.41, 5.74) is 5.04. The van der Waals surface area contributed by atoms with Crippen molar-refractivity contribution in [1.82, 2.24) is 0 Å². The van der Waals surface area contributed by atoms with Gasteiger partial charge >= 0.3 is 0 Å². The number of hydrogen-bond acceptors (Lipinski definition) is 2. The Morgan fingerprint density at radius 1 is 1.04 bits per heavy atom. The van der Waals surface area contributed by atoms with Gasteiger partial charge in [-0.25, -0.2) is 0 Å². The van der Waals surface area contributed by atoms with E-state index in [9.17, 15) is 0 Å². The molecule has 0 spiro atoms. The summed E-state index contributed by atoms with van der Waals surface area (Å²) in [5, 5.41) is 3.50. The van der Waals surface area contributed by atoms with Crippen LogP contribution in [0.3, 0.4) is 0 Å². The summed E-state index contributed by atoms with van der Waals surface area (Å²) in [7, 11) is 0. The van der Waals surface area contributed by atoms with Crippen LogP contribution in [0.2, 0.25) is 0 Å². The summed E-state index contributed by atoms with van der Waals surface area (Å²) in [6.07, 6.45) is 2.20. The van der Waals surface area contributed by atoms with Gasteiger partial charge in [0.25, 0.3) is 0 Å². The van der Waals surface area contributed by atoms with E-state index in [1.807, 2.05) is 18.2 Å². The number of ether oxygens (including phenoxy) is 1. The first-order valence-electron chi connectivity index (χ1n) is 8.27. The topological polar surface area (TPSA) is 21.3 Å². The quantitative estimate of drug-likeness (QED) is 0.661. The fraction of sp³-hybridized carbons (Fsp3) is 0.333. The van der Waals surface area contributed by atoms with E-state index in [4.69, 9.17) is 4.74 Å². The molecule has 0 aliphatic heterocycles. The molecule has 0 fully saturated rings. The third-order valence-corrected chi connectivity index (χ3v) is 3.77. The van der Waals surface area contributed by atoms with Gasteiger partial charge < -0.3 is 10.1 Å². The predicted molar refractivity (Wildman–Crippen MR) is 98.9 cm³/mol. The van der Waals surface area contributed by atoms with E-state index in [1.54, 1.807) is 0 Å². The predicted octanol–water partition coefficient (Wildman–Crippen LogP) is 5.39. The van der Waals surface area contributed by atoms with Gasteiger partial charge in [-0.15, -0.1) is 0 Å². The molecule has 0 heterocycles. The maximum atomic E-state index is 5.75. The van der Waals surface area contributed by atoms with Crippen LogP contribution in [0.4, 0.5) is 5.69 Å². The maximum Gasteiger partial charge on any atom is 0.0721 e. The molecule has 0 bridgehead atoms. The molecule has 0 aliphatic rings. The van der Waals surface area contributed by atoms with Crippen molar-refractivity contribution in [3.05, 3.63) is 77.4 Å². The van der Waals surface area contributed by atoms with Crippen molar-refractivity contribution >= 4 is 5.69 Å². The number of rotatable bonds is 8. The molecule has 2 rings (SSSR count). The zero-order valence-corrected chi connectivity index (χ0v) is 14.4. The smallest absolute Gasteiger partial charge is 0.0721 e. The van der Waals surface area contributed by atoms with Crippen LogP contribution in [-0.2, 0) is 11.3 Å². The van der Waals surface area contributed by atoms with Gasteiger partial charge in [0.15, 0.2) is 0 Å². The molecule has 0 atom stereocenters. The van der Waals surface area contributed by atoms with Gasteiger partial charge in [0.2, 0.25) is 0 Å². The number of anilines is 1. The van der Waals surface area contributed by atoms with E-state index in [0.29, 0.717) is 19.1 Å². The summed E-state index contributed by atoms with van der Waals surface area (Å²) in [4.78, 5) is 0. The van der Waals surface area contributed by atoms with Crippen molar-refractivity contribution in [2.24, 2.45) is 0 Å². The van der Waals surface area contributed by atoms with Crippen LogP contribution in [0.5, 0.6) is 0 Å². The van der Waals surface area contributed by atoms with Crippen molar-refractivity contribution < 1.29 is 4.74 Å². The van der Waals surface area contributed by atoms with E-state index in [2.05, 4.69) is 68.6 Å². The molecule has 23 heavy (non-hydrogen) atoms. The van der Waals surface area contributed by atoms with Gasteiger partial charge in [0.05, 0.1) is 13.2 Å². The molecule has 2 aromatic rings. The number of nitrogens with one attached hydrogen (secondary N) is 1. The standard InChI is InChI=1S/C21H27NO/c1-17(2)20-11-7-8-12-21(20)22-14-13-18(3)15-23-16-19-9-5-4-6-10-19/h4-13,17,22H,14-16H2,1-3H3/b18-13+. The number of hydrogen-bond donors (Lipinski definition) is 1. The highest BCUT2D eigenvalue weighted by Gasteiger charge is 2.04. The molecule has 2 aromatic carbocycles. The largest absolute Gasteiger partial charge is 0.381 e. The second-order valence-corrected chi connectivity index (χ2v) is 6.15. The van der Waals surface area contributed by atoms with Crippen LogP contribution < -0.4 is 5.32 Å². The van der Waals surface area contributed by atoms with Crippen LogP contribution in [-0.4, -0.2) is 13.2 Å². The molecule has 122 valence electrons. The molecule has 0 radical (unpaired) electrons. The SMILES string of the molecule is C/C(=C\CNc1ccccc1C(C)C)COCc1ccccc1. The molecule has 0 aromatic heterocycles. The maximum absolute atomic E-state index is 5.75. The fourth-order valence-corrected chi connectivity index (χ4v) is 2.46. The van der Waals surface area contributed by atoms with Gasteiger partial charge in [-0.1, -0.05) is 74.0 Å². The minimum Gasteiger partial charge on any atom is -0.381 e. The van der Waals surface area contributed by atoms with E-state index in [1.165, 1.54) is 22.4 Å². The first kappa shape index (κ1) is 17.3. The second-order valence-electron chi connectivity index (χ2n) is 6.15. The summed E-state index contributed by atoms with van der Waals surface area (Å²) in [6, 6.07) is 18.8. The lowest BCUT2D eigenvalue weighted by molar-refractivity contribution is 0.142. The minimum atomic E-state index is 0.526. The zero-order chi connectivity index (χ0) is 16.5. The zero-order valence-electron chi connectivity index (χ0n) is 14.4. The summed E-state index contributed by atoms with van der Waals surface area (Å²) in [6.45, 7) is 8.71. The van der Waals surface area contributed by atoms with Gasteiger partial charge in [-0.2, -0.15) is 0 Å². The lowest BCUT2D eigenvalue weighted by Gasteiger charge is -2.13. The summed E-state index contributed by atoms with van der Waals surface area (Å²) < 4.78 is 5.75. The van der Waals surface area contributed by atoms with Gasteiger partial charge in [0, 0.05) is 12.2 Å². The van der Waals surface area contributed by atoms with Crippen molar-refractivity contribution in [2.45, 2.75) is 33.3 Å². The molecule has 0 saturated carbocycles. The van der Waals surface area contributed by atoms with Crippen molar-refractivity contribution in [1.29, 1.82) is 0 Å². The summed E-state index contributed by atoms with van der Waals surface area (Å²) >= 11 is 0. The molecular weight excluding hydrogens is 282 g/mol. The molecule has 2 heteroatoms. The van der Waals surface area contributed by atoms with Crippen LogP contribution in [0.1, 0.15) is 37.8 Å². The Morgan fingerprint density at radius 3 is 2.48 bits per heavy atom. The Balaban J connectivity index is 1.77. The monoisotopic (exact) mass is 309 g/mol. The first-order chi connectivity index (χ1) is 11.2. The molecule has 2 nitrogen and oxygen atoms in total. The molecule has 0 aliphatic carbocycles. The minimum absolute atomic E-state index is 0.526. The molecule has 0 amide bonds. The van der Waals surface area contributed by atoms with E-state index in [0.717, 1.165) is 6.54 Å². The number of para-hydroxylation sites is 1.